The SMILES string of the molecule is CC(C)[C@H](NC(=O)OCC1c2ccccc2-c2ccccc21)C(=O)N[C@@H](CCCNC(N)=O)C(=O)Nc1ccc(COC(=O)NCc2ccccc2)cc1. The standard InChI is InChI=1S/C41H46N6O7/c1-26(2)36(47-41(52)54-25-34-32-15-8-6-13-30(32)31-14-7-9-16-33(31)34)38(49)46-35(17-10-22-43-39(42)50)37(48)45-29-20-18-28(19-21-29)24-53-40(51)44-23-27-11-4-3-5-12-27/h3-9,11-16,18-21,26,34-36H,10,17,22-25H2,1-2H3,(H,44,51)(H,45,48)(H,46,49)(H,47,52)(H3,42,43,50)/t35-,36-/m0/s1. The highest BCUT2D eigenvalue weighted by Crippen LogP contribution is 2.44. The van der Waals surface area contributed by atoms with Gasteiger partial charge in [-0.2, -0.15) is 0 Å². The molecule has 1 aliphatic rings. The number of fused-ring (bicyclic) bond motifs is 3. The molecule has 6 amide bonds. The minimum atomic E-state index is -1.02. The molecule has 282 valence electrons. The Balaban J connectivity index is 1.16. The van der Waals surface area contributed by atoms with Crippen LogP contribution in [-0.2, 0) is 32.2 Å². The number of primary amides is 1. The number of carbonyl (C=O) groups excluding carboxylic acids is 5. The molecule has 0 saturated carbocycles. The fourth-order valence-electron chi connectivity index (χ4n) is 6.23. The van der Waals surface area contributed by atoms with Crippen molar-refractivity contribution in [3.8, 4) is 11.1 Å². The van der Waals surface area contributed by atoms with Crippen LogP contribution in [0.4, 0.5) is 20.1 Å². The van der Waals surface area contributed by atoms with Crippen molar-refractivity contribution in [3.63, 3.8) is 0 Å². The van der Waals surface area contributed by atoms with E-state index in [9.17, 15) is 24.0 Å². The molecule has 0 fully saturated rings. The second kappa shape index (κ2) is 18.9. The molecule has 0 unspecified atom stereocenters. The quantitative estimate of drug-likeness (QED) is 0.0814. The van der Waals surface area contributed by atoms with Crippen molar-refractivity contribution in [2.24, 2.45) is 11.7 Å². The van der Waals surface area contributed by atoms with Crippen molar-refractivity contribution >= 4 is 35.7 Å². The third kappa shape index (κ3) is 10.8. The molecule has 0 bridgehead atoms. The lowest BCUT2D eigenvalue weighted by Crippen LogP contribution is -2.54. The zero-order valence-electron chi connectivity index (χ0n) is 30.3. The minimum Gasteiger partial charge on any atom is -0.449 e. The van der Waals surface area contributed by atoms with Gasteiger partial charge in [-0.15, -0.1) is 0 Å². The number of hydrogen-bond acceptors (Lipinski definition) is 7. The summed E-state index contributed by atoms with van der Waals surface area (Å²) in [5.41, 5.74) is 11.6. The first-order valence-corrected chi connectivity index (χ1v) is 17.9. The van der Waals surface area contributed by atoms with Crippen LogP contribution in [0, 0.1) is 5.92 Å². The van der Waals surface area contributed by atoms with E-state index in [0.29, 0.717) is 24.2 Å². The Bertz CT molecular complexity index is 1870. The second-order valence-electron chi connectivity index (χ2n) is 13.3. The molecule has 54 heavy (non-hydrogen) atoms. The van der Waals surface area contributed by atoms with Gasteiger partial charge in [0.2, 0.25) is 11.8 Å². The van der Waals surface area contributed by atoms with E-state index in [-0.39, 0.29) is 38.0 Å². The highest BCUT2D eigenvalue weighted by molar-refractivity contribution is 5.98. The largest absolute Gasteiger partial charge is 0.449 e. The molecule has 5 rings (SSSR count). The van der Waals surface area contributed by atoms with E-state index in [2.05, 4.69) is 26.6 Å². The zero-order chi connectivity index (χ0) is 38.5. The molecule has 7 N–H and O–H groups in total. The molecule has 0 aliphatic heterocycles. The van der Waals surface area contributed by atoms with Crippen LogP contribution in [0.1, 0.15) is 54.9 Å². The number of anilines is 1. The Morgan fingerprint density at radius 2 is 1.31 bits per heavy atom. The maximum atomic E-state index is 13.6. The monoisotopic (exact) mass is 734 g/mol. The third-order valence-electron chi connectivity index (χ3n) is 9.04. The van der Waals surface area contributed by atoms with Gasteiger partial charge in [-0.1, -0.05) is 105 Å². The van der Waals surface area contributed by atoms with Crippen molar-refractivity contribution in [1.29, 1.82) is 0 Å². The average Bonchev–Trinajstić information content (AvgIpc) is 3.49. The first kappa shape index (κ1) is 38.9. The highest BCUT2D eigenvalue weighted by Gasteiger charge is 2.32. The summed E-state index contributed by atoms with van der Waals surface area (Å²) in [7, 11) is 0. The van der Waals surface area contributed by atoms with Crippen LogP contribution >= 0.6 is 0 Å². The summed E-state index contributed by atoms with van der Waals surface area (Å²) in [6, 6.07) is 29.4. The molecule has 13 nitrogen and oxygen atoms in total. The number of carbonyl (C=O) groups is 5. The van der Waals surface area contributed by atoms with Gasteiger partial charge in [-0.25, -0.2) is 14.4 Å². The lowest BCUT2D eigenvalue weighted by molar-refractivity contribution is -0.128. The molecule has 0 saturated heterocycles. The van der Waals surface area contributed by atoms with E-state index in [1.165, 1.54) is 0 Å². The third-order valence-corrected chi connectivity index (χ3v) is 9.04. The Labute approximate surface area is 314 Å². The fourth-order valence-corrected chi connectivity index (χ4v) is 6.23. The van der Waals surface area contributed by atoms with Crippen LogP contribution in [0.5, 0.6) is 0 Å². The number of ether oxygens (including phenoxy) is 2. The Kier molecular flexibility index (Phi) is 13.6. The van der Waals surface area contributed by atoms with Crippen LogP contribution in [0.15, 0.2) is 103 Å². The molecule has 2 atom stereocenters. The van der Waals surface area contributed by atoms with Crippen molar-refractivity contribution in [2.75, 3.05) is 18.5 Å². The van der Waals surface area contributed by atoms with Crippen LogP contribution in [0.3, 0.4) is 0 Å². The summed E-state index contributed by atoms with van der Waals surface area (Å²) in [6.45, 7) is 4.18. The molecule has 0 radical (unpaired) electrons. The summed E-state index contributed by atoms with van der Waals surface area (Å²) >= 11 is 0. The van der Waals surface area contributed by atoms with E-state index in [0.717, 1.165) is 27.8 Å². The van der Waals surface area contributed by atoms with E-state index in [4.69, 9.17) is 15.2 Å². The van der Waals surface area contributed by atoms with Gasteiger partial charge in [-0.3, -0.25) is 9.59 Å². The number of benzene rings is 4. The number of nitrogens with two attached hydrogens (primary N) is 1. The summed E-state index contributed by atoms with van der Waals surface area (Å²) in [5, 5.41) is 13.4. The zero-order valence-corrected chi connectivity index (χ0v) is 30.3. The van der Waals surface area contributed by atoms with Gasteiger partial charge in [-0.05, 0) is 64.3 Å². The average molecular weight is 735 g/mol. The van der Waals surface area contributed by atoms with Crippen LogP contribution in [0.2, 0.25) is 0 Å². The van der Waals surface area contributed by atoms with E-state index >= 15 is 0 Å². The topological polar surface area (TPSA) is 190 Å². The summed E-state index contributed by atoms with van der Waals surface area (Å²) < 4.78 is 11.0. The van der Waals surface area contributed by atoms with Gasteiger partial charge < -0.3 is 41.8 Å². The lowest BCUT2D eigenvalue weighted by atomic mass is 9.98. The van der Waals surface area contributed by atoms with Crippen LogP contribution in [0.25, 0.3) is 11.1 Å². The molecular weight excluding hydrogens is 688 g/mol. The fraction of sp³-hybridized carbons (Fsp3) is 0.293. The number of alkyl carbamates (subject to hydrolysis) is 2. The Hall–Kier alpha value is -6.37. The maximum absolute atomic E-state index is 13.6. The first-order chi connectivity index (χ1) is 26.1. The Morgan fingerprint density at radius 1 is 0.685 bits per heavy atom. The molecule has 13 heteroatoms. The van der Waals surface area contributed by atoms with E-state index in [1.54, 1.807) is 38.1 Å². The van der Waals surface area contributed by atoms with Crippen molar-refractivity contribution in [3.05, 3.63) is 125 Å². The van der Waals surface area contributed by atoms with E-state index in [1.807, 2.05) is 78.9 Å². The van der Waals surface area contributed by atoms with Crippen molar-refractivity contribution in [1.82, 2.24) is 21.3 Å². The highest BCUT2D eigenvalue weighted by atomic mass is 16.6. The minimum absolute atomic E-state index is 0.0215. The molecule has 0 aromatic heterocycles. The van der Waals surface area contributed by atoms with Crippen molar-refractivity contribution in [2.45, 2.75) is 57.8 Å². The van der Waals surface area contributed by atoms with Gasteiger partial charge >= 0.3 is 18.2 Å². The molecular formula is C41H46N6O7. The predicted octanol–water partition coefficient (Wildman–Crippen LogP) is 5.55. The van der Waals surface area contributed by atoms with Crippen molar-refractivity contribution < 1.29 is 33.4 Å². The second-order valence-corrected chi connectivity index (χ2v) is 13.3. The van der Waals surface area contributed by atoms with Gasteiger partial charge in [0.05, 0.1) is 0 Å². The summed E-state index contributed by atoms with van der Waals surface area (Å²) in [6.07, 6.45) is -0.822. The molecule has 0 spiro atoms. The smallest absolute Gasteiger partial charge is 0.407 e. The Morgan fingerprint density at radius 3 is 1.94 bits per heavy atom. The number of amides is 6. The van der Waals surface area contributed by atoms with Gasteiger partial charge in [0.15, 0.2) is 0 Å². The number of hydrogen-bond donors (Lipinski definition) is 6. The van der Waals surface area contributed by atoms with Gasteiger partial charge in [0.25, 0.3) is 0 Å². The lowest BCUT2D eigenvalue weighted by Gasteiger charge is -2.25. The predicted molar refractivity (Wildman–Crippen MR) is 204 cm³/mol. The molecule has 4 aromatic carbocycles. The van der Waals surface area contributed by atoms with E-state index < -0.39 is 42.1 Å². The molecule has 0 heterocycles. The number of nitrogens with one attached hydrogen (secondary N) is 5. The van der Waals surface area contributed by atoms with Gasteiger partial charge in [0.1, 0.15) is 25.3 Å². The number of urea groups is 1. The summed E-state index contributed by atoms with van der Waals surface area (Å²) in [5.74, 6) is -1.57. The maximum Gasteiger partial charge on any atom is 0.407 e. The normalized spacial score (nSPS) is 12.7. The molecule has 4 aromatic rings. The van der Waals surface area contributed by atoms with Crippen LogP contribution < -0.4 is 32.3 Å². The summed E-state index contributed by atoms with van der Waals surface area (Å²) in [4.78, 5) is 63.6. The van der Waals surface area contributed by atoms with Gasteiger partial charge in [0, 0.05) is 24.7 Å². The first-order valence-electron chi connectivity index (χ1n) is 17.9. The van der Waals surface area contributed by atoms with Crippen LogP contribution in [-0.4, -0.2) is 55.3 Å². The molecule has 1 aliphatic carbocycles. The number of rotatable bonds is 16.